The molecule has 1 atom stereocenters. The van der Waals surface area contributed by atoms with Crippen molar-refractivity contribution < 1.29 is 0 Å². The van der Waals surface area contributed by atoms with Crippen LogP contribution in [0.3, 0.4) is 0 Å². The standard InChI is InChI=1S/C15H19N3S/c1-11-3-2-4-12(7-11)13-5-6-18(9-13)10-14-8-17-15(16)19-14/h2-4,7-8,13H,5-6,9-10H2,1H3,(H2,16,17). The lowest BCUT2D eigenvalue weighted by Gasteiger charge is -2.15. The molecule has 1 saturated heterocycles. The van der Waals surface area contributed by atoms with Crippen LogP contribution in [0, 0.1) is 6.92 Å². The van der Waals surface area contributed by atoms with Gasteiger partial charge in [0.25, 0.3) is 0 Å². The van der Waals surface area contributed by atoms with Crippen molar-refractivity contribution in [1.29, 1.82) is 0 Å². The number of nitrogens with two attached hydrogens (primary N) is 1. The van der Waals surface area contributed by atoms with Crippen LogP contribution < -0.4 is 5.73 Å². The van der Waals surface area contributed by atoms with Gasteiger partial charge in [-0.3, -0.25) is 4.90 Å². The molecule has 1 aromatic heterocycles. The maximum absolute atomic E-state index is 5.68. The van der Waals surface area contributed by atoms with E-state index >= 15 is 0 Å². The molecule has 3 nitrogen and oxygen atoms in total. The molecule has 4 heteroatoms. The molecule has 0 aliphatic carbocycles. The molecule has 1 aliphatic rings. The highest BCUT2D eigenvalue weighted by molar-refractivity contribution is 7.15. The Kier molecular flexibility index (Phi) is 3.53. The van der Waals surface area contributed by atoms with Crippen molar-refractivity contribution in [1.82, 2.24) is 9.88 Å². The summed E-state index contributed by atoms with van der Waals surface area (Å²) in [5, 5.41) is 0.671. The highest BCUT2D eigenvalue weighted by atomic mass is 32.1. The number of rotatable bonds is 3. The molecule has 0 radical (unpaired) electrons. The lowest BCUT2D eigenvalue weighted by molar-refractivity contribution is 0.329. The number of benzene rings is 1. The lowest BCUT2D eigenvalue weighted by atomic mass is 9.97. The fraction of sp³-hybridized carbons (Fsp3) is 0.400. The van der Waals surface area contributed by atoms with E-state index in [2.05, 4.69) is 41.1 Å². The molecule has 0 spiro atoms. The average molecular weight is 273 g/mol. The lowest BCUT2D eigenvalue weighted by Crippen LogP contribution is -2.19. The minimum atomic E-state index is 0.671. The SMILES string of the molecule is Cc1cccc(C2CCN(Cc3cnc(N)s3)C2)c1. The number of hydrogen-bond acceptors (Lipinski definition) is 4. The van der Waals surface area contributed by atoms with Gasteiger partial charge in [-0.15, -0.1) is 11.3 Å². The van der Waals surface area contributed by atoms with Crippen LogP contribution in [0.1, 0.15) is 28.3 Å². The third kappa shape index (κ3) is 2.96. The second-order valence-corrected chi connectivity index (χ2v) is 6.45. The number of likely N-dealkylation sites (tertiary alicyclic amines) is 1. The molecule has 1 aromatic carbocycles. The summed E-state index contributed by atoms with van der Waals surface area (Å²) < 4.78 is 0. The molecule has 100 valence electrons. The first kappa shape index (κ1) is 12.6. The summed E-state index contributed by atoms with van der Waals surface area (Å²) >= 11 is 1.60. The highest BCUT2D eigenvalue weighted by Gasteiger charge is 2.24. The van der Waals surface area contributed by atoms with E-state index in [1.54, 1.807) is 11.3 Å². The van der Waals surface area contributed by atoms with Crippen molar-refractivity contribution in [2.45, 2.75) is 25.8 Å². The van der Waals surface area contributed by atoms with E-state index in [0.717, 1.165) is 19.6 Å². The summed E-state index contributed by atoms with van der Waals surface area (Å²) in [4.78, 5) is 7.88. The van der Waals surface area contributed by atoms with Gasteiger partial charge in [0.15, 0.2) is 5.13 Å². The first-order valence-electron chi connectivity index (χ1n) is 6.70. The predicted octanol–water partition coefficient (Wildman–Crippen LogP) is 3.02. The van der Waals surface area contributed by atoms with Crippen LogP contribution in [-0.2, 0) is 6.54 Å². The summed E-state index contributed by atoms with van der Waals surface area (Å²) in [5.41, 5.74) is 8.51. The van der Waals surface area contributed by atoms with Crippen molar-refractivity contribution in [2.75, 3.05) is 18.8 Å². The van der Waals surface area contributed by atoms with Gasteiger partial charge in [0.05, 0.1) is 0 Å². The largest absolute Gasteiger partial charge is 0.375 e. The number of hydrogen-bond donors (Lipinski definition) is 1. The summed E-state index contributed by atoms with van der Waals surface area (Å²) in [6.07, 6.45) is 3.15. The number of anilines is 1. The molecule has 19 heavy (non-hydrogen) atoms. The number of thiazole rings is 1. The summed E-state index contributed by atoms with van der Waals surface area (Å²) in [6, 6.07) is 8.90. The second-order valence-electron chi connectivity index (χ2n) is 5.30. The van der Waals surface area contributed by atoms with Gasteiger partial charge in [0, 0.05) is 24.2 Å². The van der Waals surface area contributed by atoms with Crippen LogP contribution in [0.2, 0.25) is 0 Å². The average Bonchev–Trinajstić information content (AvgIpc) is 2.99. The monoisotopic (exact) mass is 273 g/mol. The number of nitrogen functional groups attached to an aromatic ring is 1. The minimum absolute atomic E-state index is 0.671. The van der Waals surface area contributed by atoms with Gasteiger partial charge in [0.2, 0.25) is 0 Å². The van der Waals surface area contributed by atoms with Crippen molar-refractivity contribution in [2.24, 2.45) is 0 Å². The topological polar surface area (TPSA) is 42.2 Å². The van der Waals surface area contributed by atoms with Crippen LogP contribution in [0.4, 0.5) is 5.13 Å². The van der Waals surface area contributed by atoms with E-state index in [9.17, 15) is 0 Å². The molecule has 2 aromatic rings. The Labute approximate surface area is 118 Å². The Morgan fingerprint density at radius 2 is 2.37 bits per heavy atom. The molecular weight excluding hydrogens is 254 g/mol. The molecule has 0 bridgehead atoms. The Morgan fingerprint density at radius 3 is 3.11 bits per heavy atom. The summed E-state index contributed by atoms with van der Waals surface area (Å²) in [6.45, 7) is 5.45. The maximum atomic E-state index is 5.68. The molecule has 3 rings (SSSR count). The fourth-order valence-corrected chi connectivity index (χ4v) is 3.52. The summed E-state index contributed by atoms with van der Waals surface area (Å²) in [7, 11) is 0. The van der Waals surface area contributed by atoms with E-state index in [4.69, 9.17) is 5.73 Å². The predicted molar refractivity (Wildman–Crippen MR) is 80.3 cm³/mol. The van der Waals surface area contributed by atoms with Crippen LogP contribution in [-0.4, -0.2) is 23.0 Å². The number of nitrogens with zero attached hydrogens (tertiary/aromatic N) is 2. The highest BCUT2D eigenvalue weighted by Crippen LogP contribution is 2.29. The first-order valence-corrected chi connectivity index (χ1v) is 7.51. The number of aryl methyl sites for hydroxylation is 1. The van der Waals surface area contributed by atoms with Crippen LogP contribution in [0.25, 0.3) is 0 Å². The van der Waals surface area contributed by atoms with Crippen LogP contribution in [0.5, 0.6) is 0 Å². The summed E-state index contributed by atoms with van der Waals surface area (Å²) in [5.74, 6) is 0.671. The third-order valence-corrected chi connectivity index (χ3v) is 4.55. The maximum Gasteiger partial charge on any atom is 0.180 e. The van der Waals surface area contributed by atoms with Gasteiger partial charge in [-0.1, -0.05) is 29.8 Å². The quantitative estimate of drug-likeness (QED) is 0.934. The second kappa shape index (κ2) is 5.31. The minimum Gasteiger partial charge on any atom is -0.375 e. The van der Waals surface area contributed by atoms with Crippen molar-refractivity contribution in [3.8, 4) is 0 Å². The number of aromatic nitrogens is 1. The Morgan fingerprint density at radius 1 is 1.47 bits per heavy atom. The van der Waals surface area contributed by atoms with Crippen LogP contribution in [0.15, 0.2) is 30.5 Å². The molecule has 1 fully saturated rings. The molecule has 2 N–H and O–H groups in total. The van der Waals surface area contributed by atoms with Gasteiger partial charge in [0.1, 0.15) is 0 Å². The first-order chi connectivity index (χ1) is 9.20. The molecule has 1 aliphatic heterocycles. The zero-order valence-electron chi connectivity index (χ0n) is 11.2. The van der Waals surface area contributed by atoms with Crippen molar-refractivity contribution >= 4 is 16.5 Å². The van der Waals surface area contributed by atoms with E-state index in [-0.39, 0.29) is 0 Å². The zero-order chi connectivity index (χ0) is 13.2. The Hall–Kier alpha value is -1.39. The van der Waals surface area contributed by atoms with Gasteiger partial charge >= 0.3 is 0 Å². The smallest absolute Gasteiger partial charge is 0.180 e. The molecule has 0 amide bonds. The molecule has 1 unspecified atom stereocenters. The van der Waals surface area contributed by atoms with E-state index in [0.29, 0.717) is 11.0 Å². The van der Waals surface area contributed by atoms with Gasteiger partial charge in [-0.05, 0) is 31.4 Å². The van der Waals surface area contributed by atoms with Gasteiger partial charge in [-0.25, -0.2) is 4.98 Å². The van der Waals surface area contributed by atoms with Crippen LogP contribution >= 0.6 is 11.3 Å². The Bertz CT molecular complexity index is 564. The van der Waals surface area contributed by atoms with Gasteiger partial charge in [-0.2, -0.15) is 0 Å². The van der Waals surface area contributed by atoms with Crippen molar-refractivity contribution in [3.63, 3.8) is 0 Å². The van der Waals surface area contributed by atoms with E-state index in [1.807, 2.05) is 6.20 Å². The third-order valence-electron chi connectivity index (χ3n) is 3.74. The normalized spacial score (nSPS) is 19.9. The van der Waals surface area contributed by atoms with Crippen molar-refractivity contribution in [3.05, 3.63) is 46.5 Å². The van der Waals surface area contributed by atoms with Gasteiger partial charge < -0.3 is 5.73 Å². The van der Waals surface area contributed by atoms with E-state index in [1.165, 1.54) is 22.4 Å². The molecule has 2 heterocycles. The Balaban J connectivity index is 1.64. The van der Waals surface area contributed by atoms with E-state index < -0.39 is 0 Å². The molecule has 0 saturated carbocycles. The zero-order valence-corrected chi connectivity index (χ0v) is 12.0. The molecular formula is C15H19N3S. The fourth-order valence-electron chi connectivity index (χ4n) is 2.79.